The van der Waals surface area contributed by atoms with E-state index in [1.807, 2.05) is 6.07 Å². The van der Waals surface area contributed by atoms with Gasteiger partial charge in [0.05, 0.1) is 0 Å². The average molecular weight is 627 g/mol. The van der Waals surface area contributed by atoms with Crippen molar-refractivity contribution in [2.75, 3.05) is 26.2 Å². The molecule has 0 bridgehead atoms. The summed E-state index contributed by atoms with van der Waals surface area (Å²) in [7, 11) is 0. The number of aryl methyl sites for hydroxylation is 1. The summed E-state index contributed by atoms with van der Waals surface area (Å²) in [6.45, 7) is 6.26. The van der Waals surface area contributed by atoms with Crippen LogP contribution >= 0.6 is 0 Å². The Kier molecular flexibility index (Phi) is 8.75. The first-order valence-electron chi connectivity index (χ1n) is 18.6. The van der Waals surface area contributed by atoms with Gasteiger partial charge in [0.25, 0.3) is 0 Å². The lowest BCUT2D eigenvalue weighted by Crippen LogP contribution is -2.50. The molecule has 8 rings (SSSR count). The Labute approximate surface area is 280 Å². The zero-order chi connectivity index (χ0) is 31.9. The summed E-state index contributed by atoms with van der Waals surface area (Å²) >= 11 is 0. The molecule has 4 aromatic rings. The number of hydrogen-bond donors (Lipinski definition) is 0. The van der Waals surface area contributed by atoms with Crippen LogP contribution in [0.15, 0.2) is 72.8 Å². The smallest absolute Gasteiger partial charge is 0.167 e. The molecule has 3 atom stereocenters. The van der Waals surface area contributed by atoms with Gasteiger partial charge in [0, 0.05) is 54.7 Å². The van der Waals surface area contributed by atoms with Crippen LogP contribution in [-0.2, 0) is 6.42 Å². The number of carbonyl (C=O) groups is 2. The third-order valence-corrected chi connectivity index (χ3v) is 11.9. The molecule has 2 aliphatic carbocycles. The second-order valence-corrected chi connectivity index (χ2v) is 15.5. The van der Waals surface area contributed by atoms with Gasteiger partial charge in [0.2, 0.25) is 0 Å². The highest BCUT2D eigenvalue weighted by atomic mass is 16.1. The molecule has 4 heteroatoms. The predicted octanol–water partition coefficient (Wildman–Crippen LogP) is 9.05. The van der Waals surface area contributed by atoms with Crippen molar-refractivity contribution < 1.29 is 9.59 Å². The minimum Gasteiger partial charge on any atom is -0.302 e. The zero-order valence-electron chi connectivity index (χ0n) is 28.1. The number of fused-ring (bicyclic) bond motifs is 2. The van der Waals surface area contributed by atoms with Crippen molar-refractivity contribution in [3.63, 3.8) is 0 Å². The molecule has 2 heterocycles. The lowest BCUT2D eigenvalue weighted by molar-refractivity contribution is 0.0531. The summed E-state index contributed by atoms with van der Waals surface area (Å²) in [5.41, 5.74) is 4.35. The van der Waals surface area contributed by atoms with Crippen molar-refractivity contribution in [3.05, 3.63) is 95.1 Å². The van der Waals surface area contributed by atoms with E-state index in [0.29, 0.717) is 23.7 Å². The van der Waals surface area contributed by atoms with Gasteiger partial charge in [-0.05, 0) is 116 Å². The van der Waals surface area contributed by atoms with E-state index in [1.165, 1.54) is 67.0 Å². The van der Waals surface area contributed by atoms with Crippen LogP contribution in [-0.4, -0.2) is 59.6 Å². The third-order valence-electron chi connectivity index (χ3n) is 11.9. The summed E-state index contributed by atoms with van der Waals surface area (Å²) in [6, 6.07) is 27.0. The van der Waals surface area contributed by atoms with Crippen molar-refractivity contribution in [2.24, 2.45) is 17.8 Å². The van der Waals surface area contributed by atoms with E-state index in [0.717, 1.165) is 79.6 Å². The Bertz CT molecular complexity index is 1780. The molecular formula is C43H50N2O2. The van der Waals surface area contributed by atoms with Crippen LogP contribution < -0.4 is 0 Å². The highest BCUT2D eigenvalue weighted by molar-refractivity contribution is 6.02. The molecule has 2 saturated carbocycles. The molecule has 2 saturated heterocycles. The van der Waals surface area contributed by atoms with Crippen LogP contribution in [0.2, 0.25) is 0 Å². The Balaban J connectivity index is 0.955. The fourth-order valence-electron chi connectivity index (χ4n) is 9.11. The van der Waals surface area contributed by atoms with E-state index in [9.17, 15) is 9.59 Å². The molecule has 4 aromatic carbocycles. The maximum atomic E-state index is 13.9. The van der Waals surface area contributed by atoms with Crippen LogP contribution in [0.1, 0.15) is 96.1 Å². The summed E-state index contributed by atoms with van der Waals surface area (Å²) in [5, 5.41) is 4.74. The molecule has 0 aromatic heterocycles. The molecule has 2 aliphatic heterocycles. The largest absolute Gasteiger partial charge is 0.302 e. The number of ketones is 2. The maximum absolute atomic E-state index is 13.9. The molecule has 4 aliphatic rings. The minimum atomic E-state index is 0.0623. The van der Waals surface area contributed by atoms with Gasteiger partial charge >= 0.3 is 0 Å². The number of rotatable bonds is 9. The van der Waals surface area contributed by atoms with Crippen LogP contribution in [0.5, 0.6) is 0 Å². The molecule has 244 valence electrons. The molecule has 4 fully saturated rings. The van der Waals surface area contributed by atoms with Crippen LogP contribution in [0.3, 0.4) is 0 Å². The van der Waals surface area contributed by atoms with Gasteiger partial charge in [-0.3, -0.25) is 14.5 Å². The van der Waals surface area contributed by atoms with Gasteiger partial charge < -0.3 is 4.90 Å². The van der Waals surface area contributed by atoms with Gasteiger partial charge in [-0.2, -0.15) is 0 Å². The highest BCUT2D eigenvalue weighted by Crippen LogP contribution is 2.35. The standard InChI is InChI=1S/C43H50N2O2/c1-29-8-12-34-24-37(16-14-32(34)21-29)43(47)39-18-19-41(45(28-39)40-6-2-3-7-40)23-31-11-13-35-25-36(17-15-33(35)22-31)42(46)38-5-4-20-44(27-38)26-30-9-10-30/h8,11-17,21-22,24-25,30,38-41H,2-7,9-10,18-20,23,26-28H2,1H3. The summed E-state index contributed by atoms with van der Waals surface area (Å²) in [5.74, 6) is 1.71. The van der Waals surface area contributed by atoms with Gasteiger partial charge in [-0.1, -0.05) is 79.1 Å². The van der Waals surface area contributed by atoms with Crippen molar-refractivity contribution in [2.45, 2.75) is 89.6 Å². The van der Waals surface area contributed by atoms with Crippen molar-refractivity contribution in [1.82, 2.24) is 9.80 Å². The zero-order valence-corrected chi connectivity index (χ0v) is 28.1. The van der Waals surface area contributed by atoms with E-state index < -0.39 is 0 Å². The lowest BCUT2D eigenvalue weighted by atomic mass is 9.83. The molecule has 0 spiro atoms. The lowest BCUT2D eigenvalue weighted by Gasteiger charge is -2.43. The SMILES string of the molecule is Cc1ccc2cc(C(=O)C3CCC(Cc4ccc5cc(C(=O)C6CCCN(CC7CC7)C6)ccc5c4)N(C4CCCC4)C3)ccc2c1. The monoisotopic (exact) mass is 626 g/mol. The summed E-state index contributed by atoms with van der Waals surface area (Å²) < 4.78 is 0. The van der Waals surface area contributed by atoms with Gasteiger partial charge in [0.1, 0.15) is 0 Å². The first kappa shape index (κ1) is 31.0. The fraction of sp³-hybridized carbons (Fsp3) is 0.488. The van der Waals surface area contributed by atoms with Crippen LogP contribution in [0, 0.1) is 24.7 Å². The van der Waals surface area contributed by atoms with Crippen LogP contribution in [0.25, 0.3) is 21.5 Å². The van der Waals surface area contributed by atoms with E-state index in [2.05, 4.69) is 83.5 Å². The maximum Gasteiger partial charge on any atom is 0.167 e. The molecule has 3 unspecified atom stereocenters. The van der Waals surface area contributed by atoms with Gasteiger partial charge in [-0.25, -0.2) is 0 Å². The average Bonchev–Trinajstić information content (AvgIpc) is 3.74. The Hall–Kier alpha value is -3.34. The Morgan fingerprint density at radius 2 is 1.28 bits per heavy atom. The molecule has 0 radical (unpaired) electrons. The van der Waals surface area contributed by atoms with E-state index in [-0.39, 0.29) is 11.8 Å². The molecule has 0 N–H and O–H groups in total. The van der Waals surface area contributed by atoms with E-state index in [4.69, 9.17) is 0 Å². The molecule has 4 nitrogen and oxygen atoms in total. The summed E-state index contributed by atoms with van der Waals surface area (Å²) in [4.78, 5) is 32.7. The molecule has 47 heavy (non-hydrogen) atoms. The van der Waals surface area contributed by atoms with E-state index >= 15 is 0 Å². The first-order valence-corrected chi connectivity index (χ1v) is 18.6. The highest BCUT2D eigenvalue weighted by Gasteiger charge is 2.37. The minimum absolute atomic E-state index is 0.0623. The van der Waals surface area contributed by atoms with Gasteiger partial charge in [0.15, 0.2) is 11.6 Å². The number of piperidine rings is 2. The molecular weight excluding hydrogens is 576 g/mol. The normalized spacial score (nSPS) is 24.7. The quantitative estimate of drug-likeness (QED) is 0.174. The van der Waals surface area contributed by atoms with E-state index in [1.54, 1.807) is 0 Å². The predicted molar refractivity (Wildman–Crippen MR) is 192 cm³/mol. The van der Waals surface area contributed by atoms with Gasteiger partial charge in [-0.15, -0.1) is 0 Å². The number of likely N-dealkylation sites (tertiary alicyclic amines) is 2. The fourth-order valence-corrected chi connectivity index (χ4v) is 9.11. The first-order chi connectivity index (χ1) is 23.0. The molecule has 0 amide bonds. The number of nitrogens with zero attached hydrogens (tertiary/aromatic N) is 2. The van der Waals surface area contributed by atoms with Crippen molar-refractivity contribution in [3.8, 4) is 0 Å². The second kappa shape index (κ2) is 13.3. The van der Waals surface area contributed by atoms with Crippen molar-refractivity contribution in [1.29, 1.82) is 0 Å². The summed E-state index contributed by atoms with van der Waals surface area (Å²) in [6.07, 6.45) is 13.0. The number of carbonyl (C=O) groups excluding carboxylic acids is 2. The van der Waals surface area contributed by atoms with Crippen molar-refractivity contribution >= 4 is 33.1 Å². The number of benzene rings is 4. The number of Topliss-reactive ketones (excluding diaryl/α,β-unsaturated/α-hetero) is 2. The third kappa shape index (κ3) is 6.82. The Morgan fingerprint density at radius 1 is 0.638 bits per heavy atom. The Morgan fingerprint density at radius 3 is 2.00 bits per heavy atom. The topological polar surface area (TPSA) is 40.6 Å². The van der Waals surface area contributed by atoms with Crippen LogP contribution in [0.4, 0.5) is 0 Å². The number of hydrogen-bond acceptors (Lipinski definition) is 4. The second-order valence-electron chi connectivity index (χ2n) is 15.5.